The van der Waals surface area contributed by atoms with Crippen LogP contribution in [0.5, 0.6) is 0 Å². The summed E-state index contributed by atoms with van der Waals surface area (Å²) in [5, 5.41) is 30.8. The molecule has 2 aliphatic carbocycles. The van der Waals surface area contributed by atoms with Gasteiger partial charge in [-0.1, -0.05) is 18.5 Å². The minimum atomic E-state index is -4.10. The predicted molar refractivity (Wildman–Crippen MR) is 136 cm³/mol. The third-order valence-corrected chi connectivity index (χ3v) is 10.4. The molecule has 2 bridgehead atoms. The Hall–Kier alpha value is -2.22. The van der Waals surface area contributed by atoms with Gasteiger partial charge in [-0.15, -0.1) is 0 Å². The topological polar surface area (TPSA) is 133 Å². The normalized spacial score (nSPS) is 27.4. The number of rotatable bonds is 9. The van der Waals surface area contributed by atoms with Gasteiger partial charge in [0.1, 0.15) is 6.10 Å². The van der Waals surface area contributed by atoms with Gasteiger partial charge in [-0.05, 0) is 55.2 Å². The zero-order valence-electron chi connectivity index (χ0n) is 20.9. The number of ether oxygens (including phenoxy) is 1. The van der Waals surface area contributed by atoms with E-state index in [0.29, 0.717) is 18.6 Å². The number of fused-ring (bicyclic) bond motifs is 2. The van der Waals surface area contributed by atoms with Crippen LogP contribution in [0.3, 0.4) is 0 Å². The summed E-state index contributed by atoms with van der Waals surface area (Å²) in [7, 11) is -4.10. The summed E-state index contributed by atoms with van der Waals surface area (Å²) in [5.41, 5.74) is -1.82. The number of hydrogen-bond donors (Lipinski definition) is 4. The molecule has 2 aliphatic rings. The van der Waals surface area contributed by atoms with E-state index in [-0.39, 0.29) is 53.1 Å². The van der Waals surface area contributed by atoms with Crippen molar-refractivity contribution in [1.82, 2.24) is 0 Å². The van der Waals surface area contributed by atoms with Crippen molar-refractivity contribution in [3.05, 3.63) is 58.4 Å². The number of carbonyl (C=O) groups excluding carboxylic acids is 1. The number of aliphatic hydroxyl groups excluding tert-OH is 2. The summed E-state index contributed by atoms with van der Waals surface area (Å²) < 4.78 is 73.5. The van der Waals surface area contributed by atoms with Crippen LogP contribution in [-0.2, 0) is 14.6 Å². The minimum Gasteiger partial charge on any atom is -0.394 e. The molecule has 0 aromatic heterocycles. The van der Waals surface area contributed by atoms with Gasteiger partial charge in [-0.2, -0.15) is 0 Å². The number of benzene rings is 2. The highest BCUT2D eigenvalue weighted by atomic mass is 35.5. The highest BCUT2D eigenvalue weighted by Crippen LogP contribution is 2.54. The third kappa shape index (κ3) is 6.10. The van der Waals surface area contributed by atoms with Crippen LogP contribution >= 0.6 is 11.6 Å². The Bertz CT molecular complexity index is 1340. The number of aliphatic hydroxyl groups is 3. The van der Waals surface area contributed by atoms with E-state index in [2.05, 4.69) is 5.32 Å². The maximum Gasteiger partial charge on any atom is 0.255 e. The van der Waals surface area contributed by atoms with Gasteiger partial charge in [0, 0.05) is 23.4 Å². The molecule has 1 amide bonds. The molecule has 2 fully saturated rings. The van der Waals surface area contributed by atoms with Crippen LogP contribution in [0.1, 0.15) is 36.5 Å². The smallest absolute Gasteiger partial charge is 0.255 e. The van der Waals surface area contributed by atoms with Crippen LogP contribution in [0, 0.1) is 35.2 Å². The monoisotopic (exact) mass is 591 g/mol. The highest BCUT2D eigenvalue weighted by molar-refractivity contribution is 7.92. The summed E-state index contributed by atoms with van der Waals surface area (Å²) >= 11 is 6.28. The maximum atomic E-state index is 13.9. The van der Waals surface area contributed by atoms with Crippen LogP contribution < -0.4 is 5.32 Å². The van der Waals surface area contributed by atoms with Gasteiger partial charge in [0.05, 0.1) is 40.6 Å². The Labute approximate surface area is 228 Å². The highest BCUT2D eigenvalue weighted by Gasteiger charge is 2.57. The molecule has 4 rings (SSSR count). The lowest BCUT2D eigenvalue weighted by molar-refractivity contribution is -0.0997. The zero-order chi connectivity index (χ0) is 28.7. The number of halogens is 4. The number of anilines is 1. The number of hydrogen-bond acceptors (Lipinski definition) is 7. The van der Waals surface area contributed by atoms with Crippen molar-refractivity contribution in [3.63, 3.8) is 0 Å². The molecule has 8 nitrogen and oxygen atoms in total. The van der Waals surface area contributed by atoms with E-state index in [1.807, 2.05) is 6.92 Å². The second-order valence-corrected chi connectivity index (χ2v) is 13.0. The molecule has 0 heterocycles. The van der Waals surface area contributed by atoms with Gasteiger partial charge in [0.15, 0.2) is 27.3 Å². The van der Waals surface area contributed by atoms with Crippen LogP contribution in [0.4, 0.5) is 18.9 Å². The van der Waals surface area contributed by atoms with Gasteiger partial charge >= 0.3 is 0 Å². The number of carbonyl (C=O) groups is 1. The van der Waals surface area contributed by atoms with Gasteiger partial charge in [-0.25, -0.2) is 21.6 Å². The van der Waals surface area contributed by atoms with E-state index >= 15 is 0 Å². The lowest BCUT2D eigenvalue weighted by Crippen LogP contribution is -2.49. The fourth-order valence-electron chi connectivity index (χ4n) is 5.87. The number of sulfone groups is 1. The van der Waals surface area contributed by atoms with Crippen molar-refractivity contribution in [1.29, 1.82) is 0 Å². The first-order valence-corrected chi connectivity index (χ1v) is 14.3. The molecule has 3 unspecified atom stereocenters. The van der Waals surface area contributed by atoms with Crippen molar-refractivity contribution in [2.75, 3.05) is 25.1 Å². The Morgan fingerprint density at radius 2 is 1.87 bits per heavy atom. The largest absolute Gasteiger partial charge is 0.394 e. The second kappa shape index (κ2) is 11.3. The molecular weight excluding hydrogens is 563 g/mol. The average molecular weight is 592 g/mol. The van der Waals surface area contributed by atoms with E-state index in [1.165, 1.54) is 12.1 Å². The lowest BCUT2D eigenvalue weighted by atomic mass is 9.76. The fourth-order valence-corrected chi connectivity index (χ4v) is 8.77. The summed E-state index contributed by atoms with van der Waals surface area (Å²) in [6.45, 7) is 1.11. The summed E-state index contributed by atoms with van der Waals surface area (Å²) in [4.78, 5) is 12.5. The van der Waals surface area contributed by atoms with Crippen LogP contribution in [0.2, 0.25) is 5.02 Å². The molecule has 2 aromatic rings. The Morgan fingerprint density at radius 3 is 2.49 bits per heavy atom. The summed E-state index contributed by atoms with van der Waals surface area (Å²) in [6, 6.07) is 4.77. The molecule has 0 saturated heterocycles. The first-order valence-electron chi connectivity index (χ1n) is 12.3. The van der Waals surface area contributed by atoms with Crippen molar-refractivity contribution < 1.29 is 46.4 Å². The first kappa shape index (κ1) is 29.8. The Morgan fingerprint density at radius 1 is 1.21 bits per heavy atom. The molecule has 0 aliphatic heterocycles. The summed E-state index contributed by atoms with van der Waals surface area (Å²) in [5.74, 6) is -6.48. The molecule has 2 aromatic carbocycles. The van der Waals surface area contributed by atoms with Gasteiger partial charge in [0.2, 0.25) is 0 Å². The van der Waals surface area contributed by atoms with Crippen molar-refractivity contribution in [2.24, 2.45) is 17.8 Å². The molecule has 4 N–H and O–H groups in total. The maximum absolute atomic E-state index is 13.9. The van der Waals surface area contributed by atoms with E-state index < -0.39 is 68.6 Å². The molecule has 39 heavy (non-hydrogen) atoms. The molecular formula is C26H29ClF3NO7S. The second-order valence-electron chi connectivity index (χ2n) is 10.5. The van der Waals surface area contributed by atoms with E-state index in [9.17, 15) is 36.6 Å². The standard InChI is InChI=1S/C26H29ClF3NO7S/c1-13-4-15-8-26(35,12-38-11-17(33)10-32)9-18(13)24(15)39(36,37)22-5-14(2-3-19(22)27)25(34)31-16-6-20(28)23(30)21(29)7-16/h2-3,5-7,13,15,17-18,24,32-33,35H,4,8-12H2,1H3,(H,31,34)/t13-,15-,17?,18?,24?,26+/m0/s1. The van der Waals surface area contributed by atoms with Gasteiger partial charge in [-0.3, -0.25) is 4.79 Å². The fraction of sp³-hybridized carbons (Fsp3) is 0.500. The van der Waals surface area contributed by atoms with E-state index in [0.717, 1.165) is 6.07 Å². The number of nitrogens with one attached hydrogen (secondary N) is 1. The van der Waals surface area contributed by atoms with Crippen molar-refractivity contribution in [3.8, 4) is 0 Å². The zero-order valence-corrected chi connectivity index (χ0v) is 22.5. The SMILES string of the molecule is C[C@H]1C[C@H]2C[C@](O)(COCC(O)CO)CC1C2S(=O)(=O)c1cc(C(=O)Nc2cc(F)c(F)c(F)c2)ccc1Cl. The molecule has 0 radical (unpaired) electrons. The van der Waals surface area contributed by atoms with Gasteiger partial charge < -0.3 is 25.4 Å². The van der Waals surface area contributed by atoms with Crippen LogP contribution in [-0.4, -0.2) is 66.4 Å². The first-order chi connectivity index (χ1) is 18.3. The molecule has 214 valence electrons. The number of amides is 1. The summed E-state index contributed by atoms with van der Waals surface area (Å²) in [6.07, 6.45) is -0.292. The van der Waals surface area contributed by atoms with E-state index in [4.69, 9.17) is 21.4 Å². The third-order valence-electron chi connectivity index (χ3n) is 7.54. The van der Waals surface area contributed by atoms with E-state index in [1.54, 1.807) is 0 Å². The van der Waals surface area contributed by atoms with Crippen LogP contribution in [0.25, 0.3) is 0 Å². The van der Waals surface area contributed by atoms with Crippen molar-refractivity contribution in [2.45, 2.75) is 48.0 Å². The molecule has 2 saturated carbocycles. The lowest BCUT2D eigenvalue weighted by Gasteiger charge is -2.41. The quantitative estimate of drug-likeness (QED) is 0.329. The predicted octanol–water partition coefficient (Wildman–Crippen LogP) is 3.32. The average Bonchev–Trinajstić information content (AvgIpc) is 3.09. The molecule has 13 heteroatoms. The Kier molecular flexibility index (Phi) is 8.65. The molecule has 6 atom stereocenters. The van der Waals surface area contributed by atoms with Crippen LogP contribution in [0.15, 0.2) is 35.2 Å². The van der Waals surface area contributed by atoms with Crippen molar-refractivity contribution >= 4 is 33.0 Å². The molecule has 0 spiro atoms. The van der Waals surface area contributed by atoms with Gasteiger partial charge in [0.25, 0.3) is 5.91 Å². The Balaban J connectivity index is 1.56. The minimum absolute atomic E-state index is 0.0413.